The summed E-state index contributed by atoms with van der Waals surface area (Å²) < 4.78 is 5.40. The number of aryl methyl sites for hydroxylation is 1. The zero-order chi connectivity index (χ0) is 20.2. The lowest BCUT2D eigenvalue weighted by molar-refractivity contribution is 0.111. The number of nitrogens with one attached hydrogen (secondary N) is 1. The van der Waals surface area contributed by atoms with Gasteiger partial charge in [-0.25, -0.2) is 0 Å². The van der Waals surface area contributed by atoms with E-state index in [1.165, 1.54) is 47.2 Å². The molecule has 2 aromatic heterocycles. The molecule has 1 unspecified atom stereocenters. The van der Waals surface area contributed by atoms with E-state index in [2.05, 4.69) is 58.0 Å². The molecule has 1 atom stereocenters. The Bertz CT molecular complexity index is 937. The van der Waals surface area contributed by atoms with Crippen molar-refractivity contribution in [3.63, 3.8) is 0 Å². The Morgan fingerprint density at radius 2 is 2.17 bits per heavy atom. The van der Waals surface area contributed by atoms with Crippen molar-refractivity contribution in [3.05, 3.63) is 59.5 Å². The van der Waals surface area contributed by atoms with Gasteiger partial charge in [-0.2, -0.15) is 0 Å². The lowest BCUT2D eigenvalue weighted by atomic mass is 10.0. The van der Waals surface area contributed by atoms with Gasteiger partial charge in [0.1, 0.15) is 5.75 Å². The summed E-state index contributed by atoms with van der Waals surface area (Å²) >= 11 is 0. The summed E-state index contributed by atoms with van der Waals surface area (Å²) in [6, 6.07) is 13.1. The summed E-state index contributed by atoms with van der Waals surface area (Å²) in [7, 11) is 3.99. The van der Waals surface area contributed by atoms with Gasteiger partial charge in [0.25, 0.3) is 0 Å². The van der Waals surface area contributed by atoms with Crippen LogP contribution < -0.4 is 4.74 Å². The van der Waals surface area contributed by atoms with E-state index in [9.17, 15) is 0 Å². The van der Waals surface area contributed by atoms with Crippen LogP contribution in [0.15, 0.2) is 42.6 Å². The number of ether oxygens (including phenoxy) is 1. The second-order valence-electron chi connectivity index (χ2n) is 8.22. The van der Waals surface area contributed by atoms with Gasteiger partial charge >= 0.3 is 0 Å². The van der Waals surface area contributed by atoms with Gasteiger partial charge in [0.15, 0.2) is 0 Å². The zero-order valence-corrected chi connectivity index (χ0v) is 17.8. The molecule has 0 spiro atoms. The van der Waals surface area contributed by atoms with E-state index in [1.54, 1.807) is 7.11 Å². The molecule has 0 radical (unpaired) electrons. The van der Waals surface area contributed by atoms with E-state index in [4.69, 9.17) is 4.74 Å². The number of piperidine rings is 1. The normalized spacial score (nSPS) is 17.9. The summed E-state index contributed by atoms with van der Waals surface area (Å²) in [5, 5.41) is 1.26. The first-order valence-electron chi connectivity index (χ1n) is 10.6. The summed E-state index contributed by atoms with van der Waals surface area (Å²) in [6.45, 7) is 6.54. The minimum absolute atomic E-state index is 0.609. The molecule has 154 valence electrons. The van der Waals surface area contributed by atoms with Crippen LogP contribution in [0.1, 0.15) is 29.8 Å². The number of fused-ring (bicyclic) bond motifs is 1. The van der Waals surface area contributed by atoms with Gasteiger partial charge in [0, 0.05) is 60.6 Å². The largest absolute Gasteiger partial charge is 0.497 e. The van der Waals surface area contributed by atoms with Gasteiger partial charge in [0.05, 0.1) is 7.11 Å². The maximum atomic E-state index is 5.40. The maximum absolute atomic E-state index is 5.40. The standard InChI is InChI=1S/C24H32N4O/c1-18-22-15-21(29-3)9-10-23(22)26-24(18)17-28-13-6-8-20(16-28)27(2)14-11-19-7-4-5-12-25-19/h4-5,7,9-10,12,15,20,26H,6,8,11,13-14,16-17H2,1-3H3. The Balaban J connectivity index is 1.38. The van der Waals surface area contributed by atoms with Crippen molar-refractivity contribution in [1.82, 2.24) is 19.8 Å². The Morgan fingerprint density at radius 1 is 1.28 bits per heavy atom. The van der Waals surface area contributed by atoms with Gasteiger partial charge in [-0.05, 0) is 69.3 Å². The van der Waals surface area contributed by atoms with Gasteiger partial charge in [0.2, 0.25) is 0 Å². The molecule has 5 nitrogen and oxygen atoms in total. The molecule has 0 bridgehead atoms. The van der Waals surface area contributed by atoms with Crippen LogP contribution in [0.2, 0.25) is 0 Å². The fourth-order valence-electron chi connectivity index (χ4n) is 4.42. The topological polar surface area (TPSA) is 44.4 Å². The first kappa shape index (κ1) is 19.9. The van der Waals surface area contributed by atoms with Gasteiger partial charge in [-0.1, -0.05) is 6.07 Å². The Labute approximate surface area is 173 Å². The second kappa shape index (κ2) is 8.97. The van der Waals surface area contributed by atoms with Crippen LogP contribution in [0.4, 0.5) is 0 Å². The molecule has 4 rings (SSSR count). The highest BCUT2D eigenvalue weighted by Gasteiger charge is 2.24. The number of likely N-dealkylation sites (tertiary alicyclic amines) is 1. The highest BCUT2D eigenvalue weighted by molar-refractivity contribution is 5.85. The lowest BCUT2D eigenvalue weighted by Gasteiger charge is -2.37. The van der Waals surface area contributed by atoms with Crippen molar-refractivity contribution in [2.45, 2.75) is 38.8 Å². The number of pyridine rings is 1. The number of aromatic amines is 1. The lowest BCUT2D eigenvalue weighted by Crippen LogP contribution is -2.46. The number of hydrogen-bond acceptors (Lipinski definition) is 4. The minimum Gasteiger partial charge on any atom is -0.497 e. The van der Waals surface area contributed by atoms with Crippen molar-refractivity contribution in [2.24, 2.45) is 0 Å². The van der Waals surface area contributed by atoms with Crippen LogP contribution in [-0.4, -0.2) is 59.6 Å². The molecule has 1 aliphatic heterocycles. The van der Waals surface area contributed by atoms with Gasteiger partial charge in [-0.3, -0.25) is 9.88 Å². The molecular formula is C24H32N4O. The summed E-state index contributed by atoms with van der Waals surface area (Å²) in [5.41, 5.74) is 5.03. The number of methoxy groups -OCH3 is 1. The fraction of sp³-hybridized carbons (Fsp3) is 0.458. The molecule has 3 heterocycles. The van der Waals surface area contributed by atoms with E-state index in [1.807, 2.05) is 18.3 Å². The quantitative estimate of drug-likeness (QED) is 0.660. The number of benzene rings is 1. The van der Waals surface area contributed by atoms with E-state index in [-0.39, 0.29) is 0 Å². The molecule has 0 amide bonds. The fourth-order valence-corrected chi connectivity index (χ4v) is 4.42. The van der Waals surface area contributed by atoms with Crippen molar-refractivity contribution in [2.75, 3.05) is 33.8 Å². The van der Waals surface area contributed by atoms with Gasteiger partial charge < -0.3 is 14.6 Å². The average Bonchev–Trinajstić information content (AvgIpc) is 3.07. The maximum Gasteiger partial charge on any atom is 0.119 e. The SMILES string of the molecule is COc1ccc2[nH]c(CN3CCCC(N(C)CCc4ccccn4)C3)c(C)c2c1. The van der Waals surface area contributed by atoms with Crippen LogP contribution >= 0.6 is 0 Å². The molecule has 5 heteroatoms. The third kappa shape index (κ3) is 4.62. The van der Waals surface area contributed by atoms with Gasteiger partial charge in [-0.15, -0.1) is 0 Å². The molecule has 1 aromatic carbocycles. The molecular weight excluding hydrogens is 360 g/mol. The minimum atomic E-state index is 0.609. The molecule has 1 saturated heterocycles. The Hall–Kier alpha value is -2.37. The predicted molar refractivity (Wildman–Crippen MR) is 118 cm³/mol. The molecule has 0 aliphatic carbocycles. The van der Waals surface area contributed by atoms with Crippen LogP contribution in [0.5, 0.6) is 5.75 Å². The molecule has 29 heavy (non-hydrogen) atoms. The van der Waals surface area contributed by atoms with Crippen molar-refractivity contribution < 1.29 is 4.74 Å². The molecule has 1 fully saturated rings. The first-order valence-corrected chi connectivity index (χ1v) is 10.6. The monoisotopic (exact) mass is 392 g/mol. The number of hydrogen-bond donors (Lipinski definition) is 1. The van der Waals surface area contributed by atoms with Crippen LogP contribution in [0.25, 0.3) is 10.9 Å². The highest BCUT2D eigenvalue weighted by Crippen LogP contribution is 2.27. The number of nitrogens with zero attached hydrogens (tertiary/aromatic N) is 3. The average molecular weight is 393 g/mol. The van der Waals surface area contributed by atoms with E-state index in [0.29, 0.717) is 6.04 Å². The first-order chi connectivity index (χ1) is 14.1. The van der Waals surface area contributed by atoms with Crippen molar-refractivity contribution in [1.29, 1.82) is 0 Å². The zero-order valence-electron chi connectivity index (χ0n) is 17.8. The Morgan fingerprint density at radius 3 is 2.97 bits per heavy atom. The van der Waals surface area contributed by atoms with E-state index < -0.39 is 0 Å². The molecule has 1 aliphatic rings. The Kier molecular flexibility index (Phi) is 6.16. The van der Waals surface area contributed by atoms with E-state index >= 15 is 0 Å². The van der Waals surface area contributed by atoms with Crippen LogP contribution in [-0.2, 0) is 13.0 Å². The van der Waals surface area contributed by atoms with E-state index in [0.717, 1.165) is 31.8 Å². The van der Waals surface area contributed by atoms with Crippen molar-refractivity contribution in [3.8, 4) is 5.75 Å². The number of rotatable bonds is 7. The van der Waals surface area contributed by atoms with Crippen LogP contribution in [0.3, 0.4) is 0 Å². The van der Waals surface area contributed by atoms with Crippen LogP contribution in [0, 0.1) is 6.92 Å². The van der Waals surface area contributed by atoms with Crippen molar-refractivity contribution >= 4 is 10.9 Å². The number of aromatic nitrogens is 2. The molecule has 0 saturated carbocycles. The predicted octanol–water partition coefficient (Wildman–Crippen LogP) is 4.02. The summed E-state index contributed by atoms with van der Waals surface area (Å²) in [4.78, 5) is 13.2. The second-order valence-corrected chi connectivity index (χ2v) is 8.22. The molecule has 3 aromatic rings. The molecule has 1 N–H and O–H groups in total. The number of H-pyrrole nitrogens is 1. The number of likely N-dealkylation sites (N-methyl/N-ethyl adjacent to an activating group) is 1. The summed E-state index contributed by atoms with van der Waals surface area (Å²) in [6.07, 6.45) is 5.43. The third-order valence-corrected chi connectivity index (χ3v) is 6.30. The summed E-state index contributed by atoms with van der Waals surface area (Å²) in [5.74, 6) is 0.915. The third-order valence-electron chi connectivity index (χ3n) is 6.30. The smallest absolute Gasteiger partial charge is 0.119 e. The highest BCUT2D eigenvalue weighted by atomic mass is 16.5.